The van der Waals surface area contributed by atoms with Crippen LogP contribution in [0.1, 0.15) is 6.92 Å². The number of ether oxygens (including phenoxy) is 1. The Kier molecular flexibility index (Phi) is 6.64. The zero-order valence-corrected chi connectivity index (χ0v) is 14.6. The molecule has 3 rings (SSSR count). The third kappa shape index (κ3) is 4.28. The van der Waals surface area contributed by atoms with Crippen LogP contribution < -0.4 is 10.1 Å². The van der Waals surface area contributed by atoms with E-state index in [-0.39, 0.29) is 31.0 Å². The number of nitrogens with one attached hydrogen (secondary N) is 1. The predicted octanol–water partition coefficient (Wildman–Crippen LogP) is 2.97. The van der Waals surface area contributed by atoms with E-state index >= 15 is 0 Å². The first-order valence-electron chi connectivity index (χ1n) is 8.03. The summed E-state index contributed by atoms with van der Waals surface area (Å²) >= 11 is 0. The lowest BCUT2D eigenvalue weighted by Gasteiger charge is -2.33. The molecule has 1 aliphatic heterocycles. The largest absolute Gasteiger partial charge is 0.483 e. The summed E-state index contributed by atoms with van der Waals surface area (Å²) in [5.41, 5.74) is 2.10. The van der Waals surface area contributed by atoms with Crippen LogP contribution >= 0.6 is 12.4 Å². The second-order valence-corrected chi connectivity index (χ2v) is 5.79. The molecule has 1 N–H and O–H groups in total. The molecule has 0 aliphatic carbocycles. The highest BCUT2D eigenvalue weighted by Crippen LogP contribution is 2.29. The first-order valence-corrected chi connectivity index (χ1v) is 8.03. The topological polar surface area (TPSA) is 41.6 Å². The Bertz CT molecular complexity index is 663. The Morgan fingerprint density at radius 2 is 1.88 bits per heavy atom. The zero-order valence-electron chi connectivity index (χ0n) is 13.8. The minimum Gasteiger partial charge on any atom is -0.483 e. The minimum atomic E-state index is 0. The SMILES string of the molecule is C[C@H]1CNCCN1C(=O)COc1ccccc1-c1ccccc1.Cl. The molecule has 0 aromatic heterocycles. The molecule has 1 aliphatic rings. The van der Waals surface area contributed by atoms with Crippen molar-refractivity contribution < 1.29 is 9.53 Å². The number of amides is 1. The molecule has 1 atom stereocenters. The number of halogens is 1. The number of benzene rings is 2. The normalized spacial score (nSPS) is 17.0. The molecule has 1 fully saturated rings. The van der Waals surface area contributed by atoms with E-state index in [9.17, 15) is 4.79 Å². The van der Waals surface area contributed by atoms with Crippen LogP contribution in [0, 0.1) is 0 Å². The van der Waals surface area contributed by atoms with Crippen molar-refractivity contribution in [3.63, 3.8) is 0 Å². The number of hydrogen-bond donors (Lipinski definition) is 1. The summed E-state index contributed by atoms with van der Waals surface area (Å²) in [6, 6.07) is 18.1. The highest BCUT2D eigenvalue weighted by atomic mass is 35.5. The maximum atomic E-state index is 12.4. The number of piperazine rings is 1. The Labute approximate surface area is 149 Å². The molecule has 0 unspecified atom stereocenters. The second-order valence-electron chi connectivity index (χ2n) is 5.79. The van der Waals surface area contributed by atoms with Gasteiger partial charge in [-0.05, 0) is 18.6 Å². The van der Waals surface area contributed by atoms with E-state index in [1.807, 2.05) is 59.5 Å². The van der Waals surface area contributed by atoms with Crippen molar-refractivity contribution in [1.29, 1.82) is 0 Å². The first-order chi connectivity index (χ1) is 11.3. The maximum Gasteiger partial charge on any atom is 0.260 e. The van der Waals surface area contributed by atoms with E-state index in [4.69, 9.17) is 4.74 Å². The van der Waals surface area contributed by atoms with E-state index in [0.29, 0.717) is 0 Å². The van der Waals surface area contributed by atoms with Crippen molar-refractivity contribution in [2.45, 2.75) is 13.0 Å². The average Bonchev–Trinajstić information content (AvgIpc) is 2.61. The van der Waals surface area contributed by atoms with Gasteiger partial charge in [0.2, 0.25) is 0 Å². The fraction of sp³-hybridized carbons (Fsp3) is 0.316. The molecule has 4 nitrogen and oxygen atoms in total. The number of carbonyl (C=O) groups is 1. The summed E-state index contributed by atoms with van der Waals surface area (Å²) in [6.07, 6.45) is 0. The van der Waals surface area contributed by atoms with Crippen LogP contribution in [-0.4, -0.2) is 43.1 Å². The van der Waals surface area contributed by atoms with E-state index in [1.165, 1.54) is 0 Å². The zero-order chi connectivity index (χ0) is 16.1. The number of carbonyl (C=O) groups excluding carboxylic acids is 1. The van der Waals surface area contributed by atoms with Crippen molar-refractivity contribution in [2.24, 2.45) is 0 Å². The van der Waals surface area contributed by atoms with E-state index in [2.05, 4.69) is 12.2 Å². The van der Waals surface area contributed by atoms with Gasteiger partial charge in [-0.15, -0.1) is 12.4 Å². The number of para-hydroxylation sites is 1. The monoisotopic (exact) mass is 346 g/mol. The number of hydrogen-bond acceptors (Lipinski definition) is 3. The van der Waals surface area contributed by atoms with Crippen LogP contribution in [0.4, 0.5) is 0 Å². The van der Waals surface area contributed by atoms with Crippen LogP contribution in [0.25, 0.3) is 11.1 Å². The fourth-order valence-electron chi connectivity index (χ4n) is 2.88. The molecule has 128 valence electrons. The molecule has 5 heteroatoms. The van der Waals surface area contributed by atoms with Gasteiger partial charge in [0.1, 0.15) is 5.75 Å². The summed E-state index contributed by atoms with van der Waals surface area (Å²) in [4.78, 5) is 14.3. The van der Waals surface area contributed by atoms with Gasteiger partial charge in [0.25, 0.3) is 5.91 Å². The summed E-state index contributed by atoms with van der Waals surface area (Å²) < 4.78 is 5.84. The molecule has 0 bridgehead atoms. The van der Waals surface area contributed by atoms with Crippen molar-refractivity contribution >= 4 is 18.3 Å². The van der Waals surface area contributed by atoms with Gasteiger partial charge < -0.3 is 15.0 Å². The quantitative estimate of drug-likeness (QED) is 0.925. The highest BCUT2D eigenvalue weighted by molar-refractivity contribution is 5.85. The lowest BCUT2D eigenvalue weighted by Crippen LogP contribution is -2.53. The Morgan fingerprint density at radius 1 is 1.17 bits per heavy atom. The molecule has 1 amide bonds. The molecule has 0 saturated carbocycles. The fourth-order valence-corrected chi connectivity index (χ4v) is 2.88. The van der Waals surface area contributed by atoms with Gasteiger partial charge >= 0.3 is 0 Å². The van der Waals surface area contributed by atoms with Crippen molar-refractivity contribution in [2.75, 3.05) is 26.2 Å². The van der Waals surface area contributed by atoms with Gasteiger partial charge in [-0.3, -0.25) is 4.79 Å². The van der Waals surface area contributed by atoms with E-state index < -0.39 is 0 Å². The Balaban J connectivity index is 0.00000208. The van der Waals surface area contributed by atoms with Crippen molar-refractivity contribution in [1.82, 2.24) is 10.2 Å². The molecule has 0 spiro atoms. The molecule has 0 radical (unpaired) electrons. The van der Waals surface area contributed by atoms with Gasteiger partial charge in [-0.1, -0.05) is 48.5 Å². The number of rotatable bonds is 4. The summed E-state index contributed by atoms with van der Waals surface area (Å²) in [5.74, 6) is 0.789. The average molecular weight is 347 g/mol. The molecular formula is C19H23ClN2O2. The second kappa shape index (κ2) is 8.71. The van der Waals surface area contributed by atoms with Crippen LogP contribution in [0.5, 0.6) is 5.75 Å². The van der Waals surface area contributed by atoms with E-state index in [1.54, 1.807) is 0 Å². The van der Waals surface area contributed by atoms with Gasteiger partial charge in [0, 0.05) is 31.2 Å². The summed E-state index contributed by atoms with van der Waals surface area (Å²) in [6.45, 7) is 4.56. The van der Waals surface area contributed by atoms with Crippen LogP contribution in [0.15, 0.2) is 54.6 Å². The Hall–Kier alpha value is -2.04. The smallest absolute Gasteiger partial charge is 0.260 e. The molecule has 1 heterocycles. The van der Waals surface area contributed by atoms with Crippen molar-refractivity contribution in [3.8, 4) is 16.9 Å². The number of nitrogens with zero attached hydrogens (tertiary/aromatic N) is 1. The summed E-state index contributed by atoms with van der Waals surface area (Å²) in [5, 5.41) is 3.29. The highest BCUT2D eigenvalue weighted by Gasteiger charge is 2.23. The molecule has 2 aromatic carbocycles. The molecule has 2 aromatic rings. The van der Waals surface area contributed by atoms with Gasteiger partial charge in [-0.2, -0.15) is 0 Å². The van der Waals surface area contributed by atoms with Gasteiger partial charge in [0.15, 0.2) is 6.61 Å². The predicted molar refractivity (Wildman–Crippen MR) is 98.7 cm³/mol. The summed E-state index contributed by atoms with van der Waals surface area (Å²) in [7, 11) is 0. The lowest BCUT2D eigenvalue weighted by atomic mass is 10.1. The standard InChI is InChI=1S/C19H22N2O2.ClH/c1-15-13-20-11-12-21(15)19(22)14-23-18-10-6-5-9-17(18)16-7-3-2-4-8-16;/h2-10,15,20H,11-14H2,1H3;1H/t15-;/m0./s1. The minimum absolute atomic E-state index is 0. The van der Waals surface area contributed by atoms with Gasteiger partial charge in [0.05, 0.1) is 0 Å². The van der Waals surface area contributed by atoms with E-state index in [0.717, 1.165) is 36.5 Å². The first kappa shape index (κ1) is 18.3. The maximum absolute atomic E-state index is 12.4. The molecular weight excluding hydrogens is 324 g/mol. The molecule has 24 heavy (non-hydrogen) atoms. The Morgan fingerprint density at radius 3 is 2.62 bits per heavy atom. The van der Waals surface area contributed by atoms with Crippen LogP contribution in [0.3, 0.4) is 0 Å². The third-order valence-corrected chi connectivity index (χ3v) is 4.14. The lowest BCUT2D eigenvalue weighted by molar-refractivity contribution is -0.136. The molecule has 1 saturated heterocycles. The van der Waals surface area contributed by atoms with Gasteiger partial charge in [-0.25, -0.2) is 0 Å². The third-order valence-electron chi connectivity index (χ3n) is 4.14. The van der Waals surface area contributed by atoms with Crippen molar-refractivity contribution in [3.05, 3.63) is 54.6 Å². The van der Waals surface area contributed by atoms with Crippen LogP contribution in [0.2, 0.25) is 0 Å². The van der Waals surface area contributed by atoms with Crippen LogP contribution in [-0.2, 0) is 4.79 Å².